The molecule has 1 aliphatic heterocycles. The molecule has 1 saturated heterocycles. The summed E-state index contributed by atoms with van der Waals surface area (Å²) in [6, 6.07) is 31.2. The molecule has 0 N–H and O–H groups in total. The van der Waals surface area contributed by atoms with Gasteiger partial charge < -0.3 is 0 Å². The molecule has 3 aromatic rings. The van der Waals surface area contributed by atoms with E-state index < -0.39 is 8.32 Å². The summed E-state index contributed by atoms with van der Waals surface area (Å²) in [5, 5.41) is 2.73. The Bertz CT molecular complexity index is 929. The average molecular weight is 436 g/mol. The minimum atomic E-state index is -1.99. The van der Waals surface area contributed by atoms with Crippen LogP contribution < -0.4 is 9.65 Å². The van der Waals surface area contributed by atoms with Gasteiger partial charge in [-0.2, -0.15) is 0 Å². The van der Waals surface area contributed by atoms with Crippen molar-refractivity contribution in [2.45, 2.75) is 35.9 Å². The van der Waals surface area contributed by atoms with E-state index in [1.165, 1.54) is 20.5 Å². The van der Waals surface area contributed by atoms with Crippen molar-refractivity contribution in [3.63, 3.8) is 0 Å². The second-order valence-corrected chi connectivity index (χ2v) is 13.9. The summed E-state index contributed by atoms with van der Waals surface area (Å²) in [7, 11) is -1.99. The van der Waals surface area contributed by atoms with Crippen molar-refractivity contribution in [1.82, 2.24) is 0 Å². The van der Waals surface area contributed by atoms with Gasteiger partial charge in [0.15, 0.2) is 0 Å². The molecule has 27 heavy (non-hydrogen) atoms. The van der Waals surface area contributed by atoms with Crippen LogP contribution >= 0.6 is 0 Å². The van der Waals surface area contributed by atoms with Gasteiger partial charge in [0.2, 0.25) is 0 Å². The molecule has 0 aromatic heterocycles. The Hall–Kier alpha value is -1.64. The second-order valence-electron chi connectivity index (χ2n) is 7.79. The molecular weight excluding hydrogens is 411 g/mol. The molecule has 0 saturated carbocycles. The van der Waals surface area contributed by atoms with Crippen LogP contribution in [0.1, 0.15) is 17.0 Å². The predicted molar refractivity (Wildman–Crippen MR) is 116 cm³/mol. The molecule has 136 valence electrons. The number of fused-ring (bicyclic) bond motifs is 3. The van der Waals surface area contributed by atoms with E-state index in [9.17, 15) is 0 Å². The maximum absolute atomic E-state index is 6.99. The van der Waals surface area contributed by atoms with Gasteiger partial charge >= 0.3 is 169 Å². The first-order chi connectivity index (χ1) is 13.3. The maximum atomic E-state index is 6.99. The number of benzene rings is 3. The molecule has 3 aromatic carbocycles. The van der Waals surface area contributed by atoms with Gasteiger partial charge in [-0.05, 0) is 0 Å². The third-order valence-electron chi connectivity index (χ3n) is 6.29. The summed E-state index contributed by atoms with van der Waals surface area (Å²) >= 11 is 0.491. The topological polar surface area (TPSA) is 9.23 Å². The Morgan fingerprint density at radius 1 is 0.889 bits per heavy atom. The Morgan fingerprint density at radius 3 is 2.33 bits per heavy atom. The Morgan fingerprint density at radius 2 is 1.56 bits per heavy atom. The van der Waals surface area contributed by atoms with Crippen LogP contribution in [0, 0.1) is 0 Å². The first kappa shape index (κ1) is 17.5. The first-order valence-corrected chi connectivity index (χ1v) is 14.3. The van der Waals surface area contributed by atoms with Crippen LogP contribution in [0.25, 0.3) is 0 Å². The Labute approximate surface area is 169 Å². The van der Waals surface area contributed by atoms with E-state index in [1.807, 2.05) is 0 Å². The normalized spacial score (nSPS) is 28.7. The van der Waals surface area contributed by atoms with Gasteiger partial charge in [0, 0.05) is 0 Å². The predicted octanol–water partition coefficient (Wildman–Crippen LogP) is 4.03. The van der Waals surface area contributed by atoms with Crippen molar-refractivity contribution in [2.75, 3.05) is 0 Å². The monoisotopic (exact) mass is 436 g/mol. The zero-order chi connectivity index (χ0) is 18.3. The van der Waals surface area contributed by atoms with Crippen molar-refractivity contribution in [3.8, 4) is 0 Å². The molecule has 4 atom stereocenters. The van der Waals surface area contributed by atoms with Crippen LogP contribution in [-0.2, 0) is 10.8 Å². The third-order valence-corrected chi connectivity index (χ3v) is 13.6. The summed E-state index contributed by atoms with van der Waals surface area (Å²) in [5.41, 5.74) is 3.71. The average Bonchev–Trinajstić information content (AvgIpc) is 3.20. The molecule has 2 aliphatic rings. The van der Waals surface area contributed by atoms with Crippen molar-refractivity contribution in [3.05, 3.63) is 96.1 Å². The number of hydrogen-bond donors (Lipinski definition) is 0. The molecule has 0 bridgehead atoms. The molecule has 0 amide bonds. The molecule has 3 heteroatoms. The summed E-state index contributed by atoms with van der Waals surface area (Å²) in [5.74, 6) is 0.573. The number of rotatable bonds is 4. The van der Waals surface area contributed by atoms with E-state index in [4.69, 9.17) is 4.43 Å². The van der Waals surface area contributed by atoms with Gasteiger partial charge in [0.25, 0.3) is 0 Å². The molecule has 0 unspecified atom stereocenters. The minimum absolute atomic E-state index is 0.371. The summed E-state index contributed by atoms with van der Waals surface area (Å²) in [6.07, 6.45) is 1.46. The van der Waals surface area contributed by atoms with Crippen LogP contribution in [0.3, 0.4) is 0 Å². The standard InChI is InChI=1S/C24H24OSeSi/c1-27(20-13-6-3-7-14-20)23(17-26-19-11-4-2-5-12-19)24-21-15-9-8-10-18(21)16-22(24)25-27/h2-15,22-24H,16-17H2,1H3/t22-,23-,24+,27+/m0/s1. The van der Waals surface area contributed by atoms with Gasteiger partial charge in [-0.1, -0.05) is 0 Å². The fourth-order valence-electron chi connectivity index (χ4n) is 4.94. The fourth-order valence-corrected chi connectivity index (χ4v) is 13.2. The van der Waals surface area contributed by atoms with E-state index in [0.717, 1.165) is 6.42 Å². The molecule has 1 aliphatic carbocycles. The molecule has 0 spiro atoms. The van der Waals surface area contributed by atoms with Gasteiger partial charge in [0.05, 0.1) is 0 Å². The number of hydrogen-bond acceptors (Lipinski definition) is 1. The van der Waals surface area contributed by atoms with Crippen LogP contribution in [0.4, 0.5) is 0 Å². The van der Waals surface area contributed by atoms with Gasteiger partial charge in [-0.3, -0.25) is 0 Å². The van der Waals surface area contributed by atoms with E-state index in [-0.39, 0.29) is 0 Å². The molecule has 1 nitrogen and oxygen atoms in total. The van der Waals surface area contributed by atoms with Gasteiger partial charge in [0.1, 0.15) is 0 Å². The van der Waals surface area contributed by atoms with E-state index >= 15 is 0 Å². The summed E-state index contributed by atoms with van der Waals surface area (Å²) < 4.78 is 8.50. The van der Waals surface area contributed by atoms with Crippen molar-refractivity contribution >= 4 is 32.9 Å². The first-order valence-electron chi connectivity index (χ1n) is 9.75. The fraction of sp³-hybridized carbons (Fsp3) is 0.250. The summed E-state index contributed by atoms with van der Waals surface area (Å²) in [6.45, 7) is 2.47. The quantitative estimate of drug-likeness (QED) is 0.563. The van der Waals surface area contributed by atoms with Crippen molar-refractivity contribution in [1.29, 1.82) is 0 Å². The van der Waals surface area contributed by atoms with E-state index in [1.54, 1.807) is 5.56 Å². The molecule has 1 heterocycles. The van der Waals surface area contributed by atoms with Crippen molar-refractivity contribution in [2.24, 2.45) is 0 Å². The molecule has 0 radical (unpaired) electrons. The van der Waals surface area contributed by atoms with Crippen LogP contribution in [-0.4, -0.2) is 29.4 Å². The molecular formula is C24H24OSeSi. The van der Waals surface area contributed by atoms with Crippen LogP contribution in [0.2, 0.25) is 17.4 Å². The van der Waals surface area contributed by atoms with Crippen LogP contribution in [0.5, 0.6) is 0 Å². The Balaban J connectivity index is 1.52. The zero-order valence-corrected chi connectivity index (χ0v) is 18.3. The third kappa shape index (κ3) is 3.03. The van der Waals surface area contributed by atoms with Gasteiger partial charge in [-0.15, -0.1) is 0 Å². The summed E-state index contributed by atoms with van der Waals surface area (Å²) in [4.78, 5) is 0. The molecule has 1 fully saturated rings. The van der Waals surface area contributed by atoms with E-state index in [0.29, 0.717) is 32.5 Å². The second kappa shape index (κ2) is 7.07. The zero-order valence-electron chi connectivity index (χ0n) is 15.5. The van der Waals surface area contributed by atoms with Crippen molar-refractivity contribution < 1.29 is 4.43 Å². The molecule has 5 rings (SSSR count). The Kier molecular flexibility index (Phi) is 4.57. The SMILES string of the molecule is C[Si@]1(c2ccccc2)O[C@H]2Cc3ccccc3[C@H]2[C@@H]1C[Se]c1ccccc1. The van der Waals surface area contributed by atoms with Crippen LogP contribution in [0.15, 0.2) is 84.9 Å². The van der Waals surface area contributed by atoms with Gasteiger partial charge in [-0.25, -0.2) is 0 Å². The van der Waals surface area contributed by atoms with E-state index in [2.05, 4.69) is 91.5 Å².